The number of benzene rings is 1. The Hall–Kier alpha value is -1.49. The predicted molar refractivity (Wildman–Crippen MR) is 60.5 cm³/mol. The van der Waals surface area contributed by atoms with E-state index in [1.165, 1.54) is 12.1 Å². The Bertz CT molecular complexity index is 398. The molecule has 0 heterocycles. The number of anilines is 1. The van der Waals surface area contributed by atoms with Crippen LogP contribution in [0.1, 0.15) is 0 Å². The Labute approximate surface area is 102 Å². The summed E-state index contributed by atoms with van der Waals surface area (Å²) >= 11 is 5.29. The van der Waals surface area contributed by atoms with Crippen molar-refractivity contribution >= 4 is 29.0 Å². The van der Waals surface area contributed by atoms with Crippen LogP contribution < -0.4 is 4.90 Å². The van der Waals surface area contributed by atoms with Gasteiger partial charge in [0.1, 0.15) is 0 Å². The highest BCUT2D eigenvalue weighted by molar-refractivity contribution is 6.28. The van der Waals surface area contributed by atoms with Gasteiger partial charge in [-0.15, -0.1) is 11.6 Å². The van der Waals surface area contributed by atoms with Gasteiger partial charge in [0.05, 0.1) is 12.4 Å². The number of carbonyl (C=O) groups excluding carboxylic acids is 2. The fourth-order valence-corrected chi connectivity index (χ4v) is 1.33. The molecule has 3 nitrogen and oxygen atoms in total. The minimum absolute atomic E-state index is 0.247. The molecule has 1 rings (SSSR count). The summed E-state index contributed by atoms with van der Waals surface area (Å²) in [4.78, 5) is 23.2. The summed E-state index contributed by atoms with van der Waals surface area (Å²) in [5.74, 6) is -2.22. The lowest BCUT2D eigenvalue weighted by Crippen LogP contribution is -2.39. The van der Waals surface area contributed by atoms with Crippen LogP contribution in [0.2, 0.25) is 0 Å². The summed E-state index contributed by atoms with van der Waals surface area (Å²) in [7, 11) is 0. The molecule has 0 bridgehead atoms. The lowest BCUT2D eigenvalue weighted by Gasteiger charge is -2.21. The highest BCUT2D eigenvalue weighted by atomic mass is 35.5. The molecule has 0 aliphatic carbocycles. The van der Waals surface area contributed by atoms with E-state index in [1.54, 1.807) is 18.2 Å². The van der Waals surface area contributed by atoms with E-state index in [4.69, 9.17) is 11.6 Å². The lowest BCUT2D eigenvalue weighted by molar-refractivity contribution is -0.130. The van der Waals surface area contributed by atoms with Gasteiger partial charge in [0.15, 0.2) is 5.78 Å². The van der Waals surface area contributed by atoms with Crippen LogP contribution in [-0.4, -0.2) is 30.5 Å². The van der Waals surface area contributed by atoms with Crippen molar-refractivity contribution in [2.75, 3.05) is 17.3 Å². The number of hydrogen-bond acceptors (Lipinski definition) is 2. The average Bonchev–Trinajstić information content (AvgIpc) is 2.35. The van der Waals surface area contributed by atoms with Gasteiger partial charge in [-0.1, -0.05) is 18.2 Å². The Morgan fingerprint density at radius 2 is 1.82 bits per heavy atom. The Balaban J connectivity index is 2.94. The summed E-state index contributed by atoms with van der Waals surface area (Å²) < 4.78 is 24.8. The van der Waals surface area contributed by atoms with E-state index in [0.717, 1.165) is 4.90 Å². The molecule has 0 fully saturated rings. The quantitative estimate of drug-likeness (QED) is 0.761. The third kappa shape index (κ3) is 3.78. The number of para-hydroxylation sites is 1. The number of Topliss-reactive ketones (excluding diaryl/α,β-unsaturated/α-hetero) is 1. The summed E-state index contributed by atoms with van der Waals surface area (Å²) in [6.45, 7) is -0.448. The van der Waals surface area contributed by atoms with E-state index in [0.29, 0.717) is 0 Å². The molecule has 0 saturated carbocycles. The van der Waals surface area contributed by atoms with Gasteiger partial charge < -0.3 is 0 Å². The van der Waals surface area contributed by atoms with Crippen molar-refractivity contribution in [3.05, 3.63) is 30.3 Å². The average molecular weight is 262 g/mol. The molecule has 0 aliphatic rings. The van der Waals surface area contributed by atoms with Crippen LogP contribution in [0.3, 0.4) is 0 Å². The molecule has 17 heavy (non-hydrogen) atoms. The van der Waals surface area contributed by atoms with Gasteiger partial charge in [0, 0.05) is 5.69 Å². The van der Waals surface area contributed by atoms with Crippen molar-refractivity contribution in [2.24, 2.45) is 0 Å². The monoisotopic (exact) mass is 261 g/mol. The largest absolute Gasteiger partial charge is 0.316 e. The van der Waals surface area contributed by atoms with Crippen molar-refractivity contribution in [3.63, 3.8) is 0 Å². The van der Waals surface area contributed by atoms with Gasteiger partial charge in [0.25, 0.3) is 5.91 Å². The van der Waals surface area contributed by atoms with Crippen LogP contribution >= 0.6 is 11.6 Å². The van der Waals surface area contributed by atoms with Crippen LogP contribution in [0, 0.1) is 0 Å². The van der Waals surface area contributed by atoms with E-state index in [-0.39, 0.29) is 11.6 Å². The maximum atomic E-state index is 12.4. The molecule has 0 N–H and O–H groups in total. The number of carbonyl (C=O) groups is 2. The first-order chi connectivity index (χ1) is 8.06. The number of hydrogen-bond donors (Lipinski definition) is 0. The molecule has 1 amide bonds. The number of halogens is 3. The number of ketones is 1. The van der Waals surface area contributed by atoms with E-state index < -0.39 is 24.7 Å². The smallest absolute Gasteiger partial charge is 0.300 e. The van der Waals surface area contributed by atoms with Crippen molar-refractivity contribution in [3.8, 4) is 0 Å². The minimum Gasteiger partial charge on any atom is -0.300 e. The maximum absolute atomic E-state index is 12.4. The van der Waals surface area contributed by atoms with Gasteiger partial charge in [-0.25, -0.2) is 0 Å². The van der Waals surface area contributed by atoms with Crippen molar-refractivity contribution in [1.29, 1.82) is 0 Å². The van der Waals surface area contributed by atoms with E-state index in [1.807, 2.05) is 0 Å². The van der Waals surface area contributed by atoms with Gasteiger partial charge in [-0.3, -0.25) is 14.5 Å². The van der Waals surface area contributed by atoms with E-state index in [2.05, 4.69) is 0 Å². The Morgan fingerprint density at radius 1 is 1.24 bits per heavy atom. The Morgan fingerprint density at radius 3 is 2.29 bits per heavy atom. The van der Waals surface area contributed by atoms with Crippen LogP contribution in [0.4, 0.5) is 14.5 Å². The van der Waals surface area contributed by atoms with Crippen LogP contribution in [-0.2, 0) is 9.59 Å². The number of amides is 1. The zero-order chi connectivity index (χ0) is 12.8. The molecule has 0 atom stereocenters. The molecule has 1 aromatic carbocycles. The molecular formula is C11H10ClF2NO2. The molecular weight excluding hydrogens is 252 g/mol. The first-order valence-corrected chi connectivity index (χ1v) is 5.32. The fourth-order valence-electron chi connectivity index (χ4n) is 1.24. The summed E-state index contributed by atoms with van der Waals surface area (Å²) in [6, 6.07) is 7.81. The molecule has 1 aromatic rings. The van der Waals surface area contributed by atoms with Gasteiger partial charge in [-0.05, 0) is 12.1 Å². The third-order valence-electron chi connectivity index (χ3n) is 2.00. The number of rotatable bonds is 5. The van der Waals surface area contributed by atoms with E-state index >= 15 is 0 Å². The molecule has 6 heteroatoms. The van der Waals surface area contributed by atoms with Gasteiger partial charge in [-0.2, -0.15) is 8.78 Å². The standard InChI is InChI=1S/C11H10ClF2NO2/c12-6-9(16)7-15(11(17)10(13)14)8-4-2-1-3-5-8/h1-5,10H,6-7H2. The van der Waals surface area contributed by atoms with Crippen LogP contribution in [0.15, 0.2) is 30.3 Å². The van der Waals surface area contributed by atoms with Crippen molar-refractivity contribution < 1.29 is 18.4 Å². The highest BCUT2D eigenvalue weighted by Crippen LogP contribution is 2.15. The minimum atomic E-state index is -3.15. The van der Waals surface area contributed by atoms with E-state index in [9.17, 15) is 18.4 Å². The second-order valence-corrected chi connectivity index (χ2v) is 3.50. The van der Waals surface area contributed by atoms with Crippen LogP contribution in [0.5, 0.6) is 0 Å². The van der Waals surface area contributed by atoms with Gasteiger partial charge in [0.2, 0.25) is 0 Å². The molecule has 0 saturated heterocycles. The third-order valence-corrected chi connectivity index (χ3v) is 2.30. The SMILES string of the molecule is O=C(CCl)CN(C(=O)C(F)F)c1ccccc1. The number of alkyl halides is 3. The molecule has 0 aromatic heterocycles. The fraction of sp³-hybridized carbons (Fsp3) is 0.273. The first kappa shape index (κ1) is 13.6. The second kappa shape index (κ2) is 6.30. The zero-order valence-corrected chi connectivity index (χ0v) is 9.53. The second-order valence-electron chi connectivity index (χ2n) is 3.23. The molecule has 0 spiro atoms. The summed E-state index contributed by atoms with van der Waals surface area (Å²) in [5, 5.41) is 0. The van der Waals surface area contributed by atoms with Crippen molar-refractivity contribution in [1.82, 2.24) is 0 Å². The Kier molecular flexibility index (Phi) is 5.03. The molecule has 0 radical (unpaired) electrons. The number of nitrogens with zero attached hydrogens (tertiary/aromatic N) is 1. The summed E-state index contributed by atoms with van der Waals surface area (Å²) in [5.41, 5.74) is 0.247. The maximum Gasteiger partial charge on any atom is 0.316 e. The molecule has 0 aliphatic heterocycles. The van der Waals surface area contributed by atoms with Crippen LogP contribution in [0.25, 0.3) is 0 Å². The molecule has 0 unspecified atom stereocenters. The summed E-state index contributed by atoms with van der Waals surface area (Å²) in [6.07, 6.45) is -3.15. The lowest BCUT2D eigenvalue weighted by atomic mass is 10.2. The zero-order valence-electron chi connectivity index (χ0n) is 8.78. The highest BCUT2D eigenvalue weighted by Gasteiger charge is 2.26. The first-order valence-electron chi connectivity index (χ1n) is 4.78. The normalized spacial score (nSPS) is 10.4. The van der Waals surface area contributed by atoms with Gasteiger partial charge >= 0.3 is 6.43 Å². The predicted octanol–water partition coefficient (Wildman–Crippen LogP) is 2.09. The topological polar surface area (TPSA) is 37.4 Å². The molecule has 92 valence electrons. The van der Waals surface area contributed by atoms with Crippen molar-refractivity contribution in [2.45, 2.75) is 6.43 Å².